The number of hydrogen-bond donors (Lipinski definition) is 0. The van der Waals surface area contributed by atoms with Gasteiger partial charge in [0.05, 0.1) is 12.7 Å². The van der Waals surface area contributed by atoms with Gasteiger partial charge in [-0.05, 0) is 33.1 Å². The maximum atomic E-state index is 5.66. The molecule has 1 atom stereocenters. The van der Waals surface area contributed by atoms with Crippen LogP contribution in [-0.4, -0.2) is 32.2 Å². The number of hydrogen-bond acceptors (Lipinski definition) is 3. The van der Waals surface area contributed by atoms with Gasteiger partial charge in [0.1, 0.15) is 0 Å². The highest BCUT2D eigenvalue weighted by Crippen LogP contribution is 2.05. The van der Waals surface area contributed by atoms with Crippen molar-refractivity contribution >= 4 is 0 Å². The SMILES string of the molecule is CCCOC(CCC)OCCCOC(C)C. The first-order valence-electron chi connectivity index (χ1n) is 6.55. The third-order valence-electron chi connectivity index (χ3n) is 2.08. The molecule has 0 saturated heterocycles. The summed E-state index contributed by atoms with van der Waals surface area (Å²) in [6.07, 6.45) is 4.34. The number of rotatable bonds is 11. The molecule has 0 heterocycles. The summed E-state index contributed by atoms with van der Waals surface area (Å²) in [6.45, 7) is 10.6. The molecular weight excluding hydrogens is 204 g/mol. The molecule has 0 N–H and O–H groups in total. The van der Waals surface area contributed by atoms with Crippen molar-refractivity contribution in [2.24, 2.45) is 0 Å². The van der Waals surface area contributed by atoms with Crippen LogP contribution in [0.2, 0.25) is 0 Å². The van der Waals surface area contributed by atoms with Crippen molar-refractivity contribution in [3.63, 3.8) is 0 Å². The molecule has 1 unspecified atom stereocenters. The van der Waals surface area contributed by atoms with Gasteiger partial charge in [-0.3, -0.25) is 0 Å². The van der Waals surface area contributed by atoms with Gasteiger partial charge in [0.15, 0.2) is 6.29 Å². The molecule has 0 aliphatic rings. The van der Waals surface area contributed by atoms with Gasteiger partial charge in [-0.15, -0.1) is 0 Å². The van der Waals surface area contributed by atoms with Crippen molar-refractivity contribution in [2.75, 3.05) is 19.8 Å². The number of ether oxygens (including phenoxy) is 3. The molecule has 0 bridgehead atoms. The lowest BCUT2D eigenvalue weighted by molar-refractivity contribution is -0.148. The predicted molar refractivity (Wildman–Crippen MR) is 66.6 cm³/mol. The summed E-state index contributed by atoms with van der Waals surface area (Å²) in [5.41, 5.74) is 0. The Balaban J connectivity index is 3.43. The Morgan fingerprint density at radius 2 is 1.44 bits per heavy atom. The summed E-state index contributed by atoms with van der Waals surface area (Å²) in [5, 5.41) is 0. The van der Waals surface area contributed by atoms with Gasteiger partial charge in [-0.1, -0.05) is 20.3 Å². The van der Waals surface area contributed by atoms with Crippen LogP contribution in [0.3, 0.4) is 0 Å². The van der Waals surface area contributed by atoms with Crippen LogP contribution in [0.25, 0.3) is 0 Å². The minimum absolute atomic E-state index is 0.0241. The Morgan fingerprint density at radius 3 is 2.00 bits per heavy atom. The van der Waals surface area contributed by atoms with Crippen LogP contribution in [0.15, 0.2) is 0 Å². The van der Waals surface area contributed by atoms with Crippen molar-refractivity contribution in [2.45, 2.75) is 65.8 Å². The van der Waals surface area contributed by atoms with Crippen LogP contribution in [-0.2, 0) is 14.2 Å². The fraction of sp³-hybridized carbons (Fsp3) is 1.00. The summed E-state index contributed by atoms with van der Waals surface area (Å²) in [4.78, 5) is 0. The molecule has 0 fully saturated rings. The van der Waals surface area contributed by atoms with Crippen LogP contribution in [0.5, 0.6) is 0 Å². The van der Waals surface area contributed by atoms with Crippen molar-refractivity contribution in [1.29, 1.82) is 0 Å². The molecule has 0 aliphatic carbocycles. The Hall–Kier alpha value is -0.120. The van der Waals surface area contributed by atoms with Crippen molar-refractivity contribution in [3.8, 4) is 0 Å². The average Bonchev–Trinajstić information content (AvgIpc) is 2.24. The summed E-state index contributed by atoms with van der Waals surface area (Å²) in [6, 6.07) is 0. The van der Waals surface area contributed by atoms with Gasteiger partial charge < -0.3 is 14.2 Å². The van der Waals surface area contributed by atoms with E-state index in [9.17, 15) is 0 Å². The Bertz CT molecular complexity index is 137. The monoisotopic (exact) mass is 232 g/mol. The molecule has 0 aromatic rings. The molecule has 98 valence electrons. The zero-order valence-corrected chi connectivity index (χ0v) is 11.3. The summed E-state index contributed by atoms with van der Waals surface area (Å²) in [7, 11) is 0. The fourth-order valence-corrected chi connectivity index (χ4v) is 1.29. The topological polar surface area (TPSA) is 27.7 Å². The molecule has 3 heteroatoms. The molecular formula is C13H28O3. The van der Waals surface area contributed by atoms with Crippen LogP contribution < -0.4 is 0 Å². The smallest absolute Gasteiger partial charge is 0.157 e. The molecule has 16 heavy (non-hydrogen) atoms. The Kier molecular flexibility index (Phi) is 11.3. The zero-order valence-electron chi connectivity index (χ0n) is 11.3. The highest BCUT2D eigenvalue weighted by atomic mass is 16.7. The van der Waals surface area contributed by atoms with Gasteiger partial charge in [-0.25, -0.2) is 0 Å². The first-order valence-corrected chi connectivity index (χ1v) is 6.55. The minimum atomic E-state index is -0.0241. The maximum absolute atomic E-state index is 5.66. The quantitative estimate of drug-likeness (QED) is 0.404. The normalized spacial score (nSPS) is 13.3. The van der Waals surface area contributed by atoms with E-state index < -0.39 is 0 Å². The zero-order chi connectivity index (χ0) is 12.2. The Morgan fingerprint density at radius 1 is 0.812 bits per heavy atom. The molecule has 0 aliphatic heterocycles. The lowest BCUT2D eigenvalue weighted by atomic mass is 10.3. The van der Waals surface area contributed by atoms with Crippen LogP contribution >= 0.6 is 0 Å². The highest BCUT2D eigenvalue weighted by Gasteiger charge is 2.07. The van der Waals surface area contributed by atoms with Crippen molar-refractivity contribution in [1.82, 2.24) is 0 Å². The molecule has 0 spiro atoms. The second-order valence-electron chi connectivity index (χ2n) is 4.23. The summed E-state index contributed by atoms with van der Waals surface area (Å²) >= 11 is 0. The fourth-order valence-electron chi connectivity index (χ4n) is 1.29. The van der Waals surface area contributed by atoms with Gasteiger partial charge in [0.25, 0.3) is 0 Å². The maximum Gasteiger partial charge on any atom is 0.157 e. The van der Waals surface area contributed by atoms with E-state index in [1.807, 2.05) is 13.8 Å². The molecule has 0 aromatic heterocycles. The molecule has 0 amide bonds. The van der Waals surface area contributed by atoms with E-state index in [-0.39, 0.29) is 6.29 Å². The van der Waals surface area contributed by atoms with Gasteiger partial charge in [0.2, 0.25) is 0 Å². The lowest BCUT2D eigenvalue weighted by Crippen LogP contribution is -2.19. The average molecular weight is 232 g/mol. The second kappa shape index (κ2) is 11.4. The highest BCUT2D eigenvalue weighted by molar-refractivity contribution is 4.46. The third-order valence-corrected chi connectivity index (χ3v) is 2.08. The molecule has 0 radical (unpaired) electrons. The van der Waals surface area contributed by atoms with Crippen molar-refractivity contribution in [3.05, 3.63) is 0 Å². The molecule has 0 rings (SSSR count). The minimum Gasteiger partial charge on any atom is -0.379 e. The van der Waals surface area contributed by atoms with E-state index in [0.29, 0.717) is 6.10 Å². The van der Waals surface area contributed by atoms with E-state index in [2.05, 4.69) is 13.8 Å². The van der Waals surface area contributed by atoms with Gasteiger partial charge in [0, 0.05) is 13.2 Å². The van der Waals surface area contributed by atoms with E-state index in [1.54, 1.807) is 0 Å². The van der Waals surface area contributed by atoms with Crippen LogP contribution in [0.1, 0.15) is 53.4 Å². The van der Waals surface area contributed by atoms with Gasteiger partial charge in [-0.2, -0.15) is 0 Å². The Labute approximate surface area is 100 Å². The molecule has 0 aromatic carbocycles. The van der Waals surface area contributed by atoms with E-state index in [1.165, 1.54) is 0 Å². The first kappa shape index (κ1) is 15.9. The molecule has 0 saturated carbocycles. The van der Waals surface area contributed by atoms with Crippen LogP contribution in [0, 0.1) is 0 Å². The predicted octanol–water partition coefficient (Wildman–Crippen LogP) is 3.37. The van der Waals surface area contributed by atoms with Crippen molar-refractivity contribution < 1.29 is 14.2 Å². The summed E-state index contributed by atoms with van der Waals surface area (Å²) < 4.78 is 16.7. The van der Waals surface area contributed by atoms with Gasteiger partial charge >= 0.3 is 0 Å². The summed E-state index contributed by atoms with van der Waals surface area (Å²) in [5.74, 6) is 0. The first-order chi connectivity index (χ1) is 7.70. The molecule has 3 nitrogen and oxygen atoms in total. The van der Waals surface area contributed by atoms with E-state index in [0.717, 1.165) is 45.5 Å². The third kappa shape index (κ3) is 10.4. The van der Waals surface area contributed by atoms with E-state index >= 15 is 0 Å². The lowest BCUT2D eigenvalue weighted by Gasteiger charge is -2.17. The van der Waals surface area contributed by atoms with E-state index in [4.69, 9.17) is 14.2 Å². The largest absolute Gasteiger partial charge is 0.379 e. The second-order valence-corrected chi connectivity index (χ2v) is 4.23. The van der Waals surface area contributed by atoms with Crippen LogP contribution in [0.4, 0.5) is 0 Å². The standard InChI is InChI=1S/C13H28O3/c1-5-8-13(15-9-6-2)16-11-7-10-14-12(3)4/h12-13H,5-11H2,1-4H3.